The minimum absolute atomic E-state index is 0.0134. The summed E-state index contributed by atoms with van der Waals surface area (Å²) in [5.41, 5.74) is 3.14. The van der Waals surface area contributed by atoms with Crippen molar-refractivity contribution in [1.82, 2.24) is 14.5 Å². The van der Waals surface area contributed by atoms with Gasteiger partial charge in [-0.05, 0) is 49.4 Å². The number of aromatic amines is 1. The molecule has 0 bridgehead atoms. The van der Waals surface area contributed by atoms with Crippen LogP contribution >= 0.6 is 0 Å². The van der Waals surface area contributed by atoms with Crippen molar-refractivity contribution in [1.29, 1.82) is 0 Å². The van der Waals surface area contributed by atoms with E-state index >= 15 is 0 Å². The van der Waals surface area contributed by atoms with Crippen LogP contribution in [0.25, 0.3) is 11.0 Å². The van der Waals surface area contributed by atoms with Gasteiger partial charge in [-0.2, -0.15) is 0 Å². The Morgan fingerprint density at radius 1 is 0.963 bits per heavy atom. The smallest absolute Gasteiger partial charge is 0.326 e. The molecule has 1 fully saturated rings. The summed E-state index contributed by atoms with van der Waals surface area (Å²) in [5.74, 6) is 0.893. The molecule has 1 aliphatic heterocycles. The third-order valence-electron chi connectivity index (χ3n) is 5.35. The highest BCUT2D eigenvalue weighted by molar-refractivity contribution is 5.74. The van der Waals surface area contributed by atoms with E-state index in [4.69, 9.17) is 4.74 Å². The number of rotatable bonds is 6. The molecule has 3 aromatic rings. The maximum atomic E-state index is 12.1. The standard InChI is InChI=1S/C21H26N4O2/c1-27-18-9-7-17(8-10-18)24-15-13-23(14-16-24)11-4-12-25-20-6-3-2-5-19(20)22-21(25)26/h2-3,5-10H,4,11-16H2,1H3,(H,22,26). The zero-order chi connectivity index (χ0) is 18.6. The first-order chi connectivity index (χ1) is 13.2. The fraction of sp³-hybridized carbons (Fsp3) is 0.381. The fourth-order valence-electron chi connectivity index (χ4n) is 3.80. The molecule has 2 aromatic carbocycles. The van der Waals surface area contributed by atoms with E-state index in [1.807, 2.05) is 41.0 Å². The molecule has 1 aliphatic rings. The van der Waals surface area contributed by atoms with Crippen LogP contribution in [0.15, 0.2) is 53.3 Å². The van der Waals surface area contributed by atoms with Gasteiger partial charge in [0.15, 0.2) is 0 Å². The molecule has 0 spiro atoms. The molecule has 27 heavy (non-hydrogen) atoms. The SMILES string of the molecule is COc1ccc(N2CCN(CCCn3c(=O)[nH]c4ccccc43)CC2)cc1. The van der Waals surface area contributed by atoms with E-state index in [2.05, 4.69) is 26.9 Å². The number of methoxy groups -OCH3 is 1. The third kappa shape index (κ3) is 3.85. The minimum atomic E-state index is -0.0134. The van der Waals surface area contributed by atoms with Gasteiger partial charge in [-0.15, -0.1) is 0 Å². The van der Waals surface area contributed by atoms with Crippen molar-refractivity contribution in [3.63, 3.8) is 0 Å². The Kier molecular flexibility index (Phi) is 5.16. The second-order valence-corrected chi connectivity index (χ2v) is 6.98. The lowest BCUT2D eigenvalue weighted by molar-refractivity contribution is 0.250. The van der Waals surface area contributed by atoms with Crippen molar-refractivity contribution >= 4 is 16.7 Å². The number of hydrogen-bond acceptors (Lipinski definition) is 4. The second-order valence-electron chi connectivity index (χ2n) is 6.98. The van der Waals surface area contributed by atoms with Crippen molar-refractivity contribution < 1.29 is 4.74 Å². The predicted molar refractivity (Wildman–Crippen MR) is 109 cm³/mol. The van der Waals surface area contributed by atoms with Crippen LogP contribution < -0.4 is 15.3 Å². The lowest BCUT2D eigenvalue weighted by atomic mass is 10.2. The predicted octanol–water partition coefficient (Wildman–Crippen LogP) is 2.55. The first-order valence-corrected chi connectivity index (χ1v) is 9.53. The summed E-state index contributed by atoms with van der Waals surface area (Å²) in [6, 6.07) is 16.2. The molecule has 1 aromatic heterocycles. The lowest BCUT2D eigenvalue weighted by Gasteiger charge is -2.36. The molecule has 0 unspecified atom stereocenters. The molecule has 6 heteroatoms. The van der Waals surface area contributed by atoms with Gasteiger partial charge in [-0.3, -0.25) is 9.47 Å². The highest BCUT2D eigenvalue weighted by Gasteiger charge is 2.17. The lowest BCUT2D eigenvalue weighted by Crippen LogP contribution is -2.46. The maximum Gasteiger partial charge on any atom is 0.326 e. The molecule has 4 rings (SSSR count). The Morgan fingerprint density at radius 3 is 2.44 bits per heavy atom. The van der Waals surface area contributed by atoms with Gasteiger partial charge in [0.25, 0.3) is 0 Å². The van der Waals surface area contributed by atoms with Gasteiger partial charge in [0, 0.05) is 38.4 Å². The van der Waals surface area contributed by atoms with Crippen LogP contribution in [0.2, 0.25) is 0 Å². The van der Waals surface area contributed by atoms with Crippen LogP contribution in [0.5, 0.6) is 5.75 Å². The second kappa shape index (κ2) is 7.88. The highest BCUT2D eigenvalue weighted by atomic mass is 16.5. The molecule has 1 saturated heterocycles. The molecule has 0 amide bonds. The summed E-state index contributed by atoms with van der Waals surface area (Å²) in [5, 5.41) is 0. The number of para-hydroxylation sites is 2. The zero-order valence-electron chi connectivity index (χ0n) is 15.7. The highest BCUT2D eigenvalue weighted by Crippen LogP contribution is 2.20. The Balaban J connectivity index is 1.28. The van der Waals surface area contributed by atoms with Crippen LogP contribution in [-0.2, 0) is 6.54 Å². The molecule has 142 valence electrons. The molecular formula is C21H26N4O2. The molecule has 1 N–H and O–H groups in total. The van der Waals surface area contributed by atoms with E-state index in [9.17, 15) is 4.79 Å². The maximum absolute atomic E-state index is 12.1. The van der Waals surface area contributed by atoms with E-state index in [-0.39, 0.29) is 5.69 Å². The van der Waals surface area contributed by atoms with Gasteiger partial charge in [0.2, 0.25) is 0 Å². The molecule has 0 atom stereocenters. The van der Waals surface area contributed by atoms with Crippen molar-refractivity contribution in [2.45, 2.75) is 13.0 Å². The molecule has 0 aliphatic carbocycles. The van der Waals surface area contributed by atoms with Crippen molar-refractivity contribution in [3.8, 4) is 5.75 Å². The Bertz CT molecular complexity index is 937. The molecule has 0 saturated carbocycles. The van der Waals surface area contributed by atoms with Crippen LogP contribution in [0, 0.1) is 0 Å². The average Bonchev–Trinajstić information content (AvgIpc) is 3.04. The number of nitrogens with one attached hydrogen (secondary N) is 1. The number of hydrogen-bond donors (Lipinski definition) is 1. The van der Waals surface area contributed by atoms with Gasteiger partial charge in [-0.25, -0.2) is 4.79 Å². The average molecular weight is 366 g/mol. The number of piperazine rings is 1. The van der Waals surface area contributed by atoms with Crippen LogP contribution in [0.1, 0.15) is 6.42 Å². The fourth-order valence-corrected chi connectivity index (χ4v) is 3.80. The van der Waals surface area contributed by atoms with Gasteiger partial charge in [0.05, 0.1) is 18.1 Å². The van der Waals surface area contributed by atoms with Crippen molar-refractivity contribution in [2.75, 3.05) is 44.7 Å². The molecule has 6 nitrogen and oxygen atoms in total. The van der Waals surface area contributed by atoms with Gasteiger partial charge >= 0.3 is 5.69 Å². The number of anilines is 1. The first kappa shape index (κ1) is 17.7. The van der Waals surface area contributed by atoms with Crippen molar-refractivity contribution in [2.24, 2.45) is 0 Å². The van der Waals surface area contributed by atoms with Crippen LogP contribution in [-0.4, -0.2) is 54.3 Å². The Labute approximate surface area is 159 Å². The van der Waals surface area contributed by atoms with Crippen LogP contribution in [0.3, 0.4) is 0 Å². The normalized spacial score (nSPS) is 15.4. The summed E-state index contributed by atoms with van der Waals surface area (Å²) in [6.45, 7) is 5.92. The molecular weight excluding hydrogens is 340 g/mol. The van der Waals surface area contributed by atoms with E-state index in [0.29, 0.717) is 0 Å². The van der Waals surface area contributed by atoms with E-state index in [1.165, 1.54) is 5.69 Å². The van der Waals surface area contributed by atoms with Crippen LogP contribution in [0.4, 0.5) is 5.69 Å². The van der Waals surface area contributed by atoms with Gasteiger partial charge in [-0.1, -0.05) is 12.1 Å². The number of benzene rings is 2. The molecule has 0 radical (unpaired) electrons. The zero-order valence-corrected chi connectivity index (χ0v) is 15.7. The number of aryl methyl sites for hydroxylation is 1. The van der Waals surface area contributed by atoms with Crippen molar-refractivity contribution in [3.05, 3.63) is 59.0 Å². The number of ether oxygens (including phenoxy) is 1. The summed E-state index contributed by atoms with van der Waals surface area (Å²) < 4.78 is 7.08. The Morgan fingerprint density at radius 2 is 1.70 bits per heavy atom. The number of nitrogens with zero attached hydrogens (tertiary/aromatic N) is 3. The number of fused-ring (bicyclic) bond motifs is 1. The van der Waals surface area contributed by atoms with Gasteiger partial charge < -0.3 is 14.6 Å². The molecule has 2 heterocycles. The van der Waals surface area contributed by atoms with E-state index in [1.54, 1.807) is 7.11 Å². The number of imidazole rings is 1. The van der Waals surface area contributed by atoms with E-state index in [0.717, 1.165) is 62.5 Å². The topological polar surface area (TPSA) is 53.5 Å². The summed E-state index contributed by atoms with van der Waals surface area (Å²) in [7, 11) is 1.69. The summed E-state index contributed by atoms with van der Waals surface area (Å²) >= 11 is 0. The number of H-pyrrole nitrogens is 1. The first-order valence-electron chi connectivity index (χ1n) is 9.53. The van der Waals surface area contributed by atoms with Gasteiger partial charge in [0.1, 0.15) is 5.75 Å². The van der Waals surface area contributed by atoms with E-state index < -0.39 is 0 Å². The monoisotopic (exact) mass is 366 g/mol. The summed E-state index contributed by atoms with van der Waals surface area (Å²) in [6.07, 6.45) is 0.976. The summed E-state index contributed by atoms with van der Waals surface area (Å²) in [4.78, 5) is 20.0. The quantitative estimate of drug-likeness (QED) is 0.728. The Hall–Kier alpha value is -2.73. The largest absolute Gasteiger partial charge is 0.497 e. The minimum Gasteiger partial charge on any atom is -0.497 e. The number of aromatic nitrogens is 2. The third-order valence-corrected chi connectivity index (χ3v) is 5.35.